The summed E-state index contributed by atoms with van der Waals surface area (Å²) in [4.78, 5) is 13.7. The van der Waals surface area contributed by atoms with E-state index in [1.54, 1.807) is 42.3 Å². The number of rotatable bonds is 4. The van der Waals surface area contributed by atoms with Crippen LogP contribution in [-0.4, -0.2) is 19.5 Å². The predicted octanol–water partition coefficient (Wildman–Crippen LogP) is 4.21. The lowest BCUT2D eigenvalue weighted by atomic mass is 10.3. The SMILES string of the molecule is CN(CC(=O)Nc1ccc(Cl)cc1Cl)c1ccc(F)cc1. The van der Waals surface area contributed by atoms with Gasteiger partial charge >= 0.3 is 0 Å². The van der Waals surface area contributed by atoms with E-state index in [2.05, 4.69) is 5.32 Å². The van der Waals surface area contributed by atoms with Crippen LogP contribution in [-0.2, 0) is 4.79 Å². The van der Waals surface area contributed by atoms with Gasteiger partial charge in [-0.1, -0.05) is 23.2 Å². The molecule has 1 amide bonds. The van der Waals surface area contributed by atoms with Crippen molar-refractivity contribution < 1.29 is 9.18 Å². The van der Waals surface area contributed by atoms with Gasteiger partial charge in [0.2, 0.25) is 5.91 Å². The van der Waals surface area contributed by atoms with Crippen molar-refractivity contribution in [1.82, 2.24) is 0 Å². The molecule has 1 N–H and O–H groups in total. The number of amides is 1. The standard InChI is InChI=1S/C15H13Cl2FN2O/c1-20(12-5-3-11(18)4-6-12)9-15(21)19-14-7-2-10(16)8-13(14)17/h2-8H,9H2,1H3,(H,19,21). The number of nitrogens with zero attached hydrogens (tertiary/aromatic N) is 1. The first-order chi connectivity index (χ1) is 9.95. The second kappa shape index (κ2) is 6.78. The van der Waals surface area contributed by atoms with Gasteiger partial charge in [0, 0.05) is 17.8 Å². The monoisotopic (exact) mass is 326 g/mol. The molecular formula is C15H13Cl2FN2O. The van der Waals surface area contributed by atoms with Crippen LogP contribution in [0.25, 0.3) is 0 Å². The van der Waals surface area contributed by atoms with Gasteiger partial charge in [0.15, 0.2) is 0 Å². The van der Waals surface area contributed by atoms with E-state index in [-0.39, 0.29) is 18.3 Å². The van der Waals surface area contributed by atoms with Crippen LogP contribution in [0.3, 0.4) is 0 Å². The van der Waals surface area contributed by atoms with E-state index in [0.717, 1.165) is 5.69 Å². The molecular weight excluding hydrogens is 314 g/mol. The molecule has 0 radical (unpaired) electrons. The van der Waals surface area contributed by atoms with Crippen LogP contribution >= 0.6 is 23.2 Å². The first kappa shape index (κ1) is 15.6. The highest BCUT2D eigenvalue weighted by Gasteiger charge is 2.10. The normalized spacial score (nSPS) is 10.3. The highest BCUT2D eigenvalue weighted by Crippen LogP contribution is 2.25. The molecule has 2 aromatic carbocycles. The van der Waals surface area contributed by atoms with E-state index in [1.807, 2.05) is 0 Å². The third-order valence-corrected chi connectivity index (χ3v) is 3.40. The van der Waals surface area contributed by atoms with E-state index in [0.29, 0.717) is 15.7 Å². The van der Waals surface area contributed by atoms with Crippen LogP contribution in [0.2, 0.25) is 10.0 Å². The molecule has 3 nitrogen and oxygen atoms in total. The summed E-state index contributed by atoms with van der Waals surface area (Å²) >= 11 is 11.8. The summed E-state index contributed by atoms with van der Waals surface area (Å²) in [5.74, 6) is -0.546. The molecule has 0 saturated carbocycles. The Morgan fingerprint density at radius 3 is 2.48 bits per heavy atom. The molecule has 0 spiro atoms. The average molecular weight is 327 g/mol. The summed E-state index contributed by atoms with van der Waals surface area (Å²) in [7, 11) is 1.75. The van der Waals surface area contributed by atoms with E-state index in [4.69, 9.17) is 23.2 Å². The minimum Gasteiger partial charge on any atom is -0.365 e. The molecule has 0 atom stereocenters. The molecule has 21 heavy (non-hydrogen) atoms. The topological polar surface area (TPSA) is 32.3 Å². The number of hydrogen-bond donors (Lipinski definition) is 1. The summed E-state index contributed by atoms with van der Waals surface area (Å²) in [6, 6.07) is 10.8. The maximum atomic E-state index is 12.9. The second-order valence-corrected chi connectivity index (χ2v) is 5.35. The van der Waals surface area contributed by atoms with Gasteiger partial charge in [-0.05, 0) is 42.5 Å². The summed E-state index contributed by atoms with van der Waals surface area (Å²) in [5.41, 5.74) is 1.24. The van der Waals surface area contributed by atoms with Crippen LogP contribution in [0.4, 0.5) is 15.8 Å². The molecule has 0 heterocycles. The van der Waals surface area contributed by atoms with Gasteiger partial charge in [0.25, 0.3) is 0 Å². The zero-order valence-corrected chi connectivity index (χ0v) is 12.7. The summed E-state index contributed by atoms with van der Waals surface area (Å²) in [6.45, 7) is 0.116. The molecule has 0 unspecified atom stereocenters. The van der Waals surface area contributed by atoms with Crippen molar-refractivity contribution in [2.75, 3.05) is 23.8 Å². The maximum Gasteiger partial charge on any atom is 0.243 e. The fourth-order valence-electron chi connectivity index (χ4n) is 1.78. The largest absolute Gasteiger partial charge is 0.365 e. The highest BCUT2D eigenvalue weighted by molar-refractivity contribution is 6.36. The fourth-order valence-corrected chi connectivity index (χ4v) is 2.24. The van der Waals surface area contributed by atoms with Gasteiger partial charge in [0.1, 0.15) is 5.82 Å². The van der Waals surface area contributed by atoms with Crippen molar-refractivity contribution in [2.24, 2.45) is 0 Å². The van der Waals surface area contributed by atoms with E-state index in [9.17, 15) is 9.18 Å². The number of hydrogen-bond acceptors (Lipinski definition) is 2. The van der Waals surface area contributed by atoms with Crippen molar-refractivity contribution >= 4 is 40.5 Å². The summed E-state index contributed by atoms with van der Waals surface area (Å²) in [6.07, 6.45) is 0. The number of carbonyl (C=O) groups excluding carboxylic acids is 1. The van der Waals surface area contributed by atoms with E-state index >= 15 is 0 Å². The lowest BCUT2D eigenvalue weighted by molar-refractivity contribution is -0.114. The van der Waals surface area contributed by atoms with Gasteiger partial charge in [-0.15, -0.1) is 0 Å². The Bertz CT molecular complexity index is 647. The molecule has 110 valence electrons. The Labute approximate surface area is 132 Å². The third-order valence-electron chi connectivity index (χ3n) is 2.85. The molecule has 2 rings (SSSR count). The third kappa shape index (κ3) is 4.34. The first-order valence-electron chi connectivity index (χ1n) is 6.17. The Morgan fingerprint density at radius 2 is 1.86 bits per heavy atom. The number of anilines is 2. The van der Waals surface area contributed by atoms with Gasteiger partial charge in [0.05, 0.1) is 17.3 Å². The number of likely N-dealkylation sites (N-methyl/N-ethyl adjacent to an activating group) is 1. The summed E-state index contributed by atoms with van der Waals surface area (Å²) < 4.78 is 12.9. The summed E-state index contributed by atoms with van der Waals surface area (Å²) in [5, 5.41) is 3.58. The molecule has 0 fully saturated rings. The van der Waals surface area contributed by atoms with Crippen LogP contribution in [0.1, 0.15) is 0 Å². The second-order valence-electron chi connectivity index (χ2n) is 4.50. The van der Waals surface area contributed by atoms with Crippen molar-refractivity contribution in [3.05, 3.63) is 58.3 Å². The molecule has 0 bridgehead atoms. The number of halogens is 3. The van der Waals surface area contributed by atoms with E-state index in [1.165, 1.54) is 12.1 Å². The molecule has 0 aliphatic heterocycles. The maximum absolute atomic E-state index is 12.9. The first-order valence-corrected chi connectivity index (χ1v) is 6.93. The predicted molar refractivity (Wildman–Crippen MR) is 84.8 cm³/mol. The lowest BCUT2D eigenvalue weighted by Crippen LogP contribution is -2.30. The highest BCUT2D eigenvalue weighted by atomic mass is 35.5. The Hall–Kier alpha value is -1.78. The van der Waals surface area contributed by atoms with Crippen molar-refractivity contribution in [2.45, 2.75) is 0 Å². The molecule has 0 saturated heterocycles. The van der Waals surface area contributed by atoms with Crippen LogP contribution in [0.5, 0.6) is 0 Å². The average Bonchev–Trinajstić information content (AvgIpc) is 2.42. The van der Waals surface area contributed by atoms with Crippen LogP contribution in [0, 0.1) is 5.82 Å². The van der Waals surface area contributed by atoms with Gasteiger partial charge in [-0.2, -0.15) is 0 Å². The Morgan fingerprint density at radius 1 is 1.19 bits per heavy atom. The number of carbonyl (C=O) groups is 1. The Kier molecular flexibility index (Phi) is 5.04. The van der Waals surface area contributed by atoms with Crippen molar-refractivity contribution in [3.63, 3.8) is 0 Å². The van der Waals surface area contributed by atoms with Crippen LogP contribution in [0.15, 0.2) is 42.5 Å². The molecule has 6 heteroatoms. The smallest absolute Gasteiger partial charge is 0.243 e. The quantitative estimate of drug-likeness (QED) is 0.912. The van der Waals surface area contributed by atoms with Gasteiger partial charge in [-0.3, -0.25) is 4.79 Å². The lowest BCUT2D eigenvalue weighted by Gasteiger charge is -2.19. The minimum atomic E-state index is -0.315. The van der Waals surface area contributed by atoms with Gasteiger partial charge in [-0.25, -0.2) is 4.39 Å². The zero-order valence-electron chi connectivity index (χ0n) is 11.2. The zero-order chi connectivity index (χ0) is 15.4. The van der Waals surface area contributed by atoms with Gasteiger partial charge < -0.3 is 10.2 Å². The van der Waals surface area contributed by atoms with Crippen LogP contribution < -0.4 is 10.2 Å². The molecule has 0 aliphatic rings. The number of benzene rings is 2. The van der Waals surface area contributed by atoms with E-state index < -0.39 is 0 Å². The minimum absolute atomic E-state index is 0.116. The fraction of sp³-hybridized carbons (Fsp3) is 0.133. The number of nitrogens with one attached hydrogen (secondary N) is 1. The molecule has 2 aromatic rings. The molecule has 0 aliphatic carbocycles. The van der Waals surface area contributed by atoms with Crippen molar-refractivity contribution in [3.8, 4) is 0 Å². The molecule has 0 aromatic heterocycles. The Balaban J connectivity index is 1.99. The van der Waals surface area contributed by atoms with Crippen molar-refractivity contribution in [1.29, 1.82) is 0 Å².